The average Bonchev–Trinajstić information content (AvgIpc) is 2.71. The highest BCUT2D eigenvalue weighted by atomic mass is 35.5. The number of morpholine rings is 1. The maximum absolute atomic E-state index is 13.1. The molecule has 0 unspecified atom stereocenters. The van der Waals surface area contributed by atoms with E-state index in [1.54, 1.807) is 24.3 Å². The summed E-state index contributed by atoms with van der Waals surface area (Å²) in [6.07, 6.45) is 1.54. The number of nitrogens with zero attached hydrogens (tertiary/aromatic N) is 2. The van der Waals surface area contributed by atoms with Crippen LogP contribution in [0.3, 0.4) is 0 Å². The Kier molecular flexibility index (Phi) is 6.06. The molecule has 2 aromatic carbocycles. The summed E-state index contributed by atoms with van der Waals surface area (Å²) < 4.78 is 5.37. The lowest BCUT2D eigenvalue weighted by Gasteiger charge is -2.29. The molecule has 2 amide bonds. The highest BCUT2D eigenvalue weighted by Gasteiger charge is 2.34. The van der Waals surface area contributed by atoms with Gasteiger partial charge in [0.15, 0.2) is 5.11 Å². The molecular weight excluding hydrogens is 445 g/mol. The monoisotopic (exact) mass is 461 g/mol. The highest BCUT2D eigenvalue weighted by molar-refractivity contribution is 7.80. The van der Waals surface area contributed by atoms with Gasteiger partial charge in [0.25, 0.3) is 11.8 Å². The molecule has 0 saturated carbocycles. The first-order valence-electron chi connectivity index (χ1n) is 9.23. The van der Waals surface area contributed by atoms with Gasteiger partial charge in [0.05, 0.1) is 18.9 Å². The molecule has 2 heterocycles. The maximum atomic E-state index is 13.1. The first kappa shape index (κ1) is 20.8. The van der Waals surface area contributed by atoms with Crippen LogP contribution in [-0.4, -0.2) is 43.2 Å². The summed E-state index contributed by atoms with van der Waals surface area (Å²) >= 11 is 17.3. The lowest BCUT2D eigenvalue weighted by atomic mass is 10.1. The van der Waals surface area contributed by atoms with Gasteiger partial charge in [0.2, 0.25) is 0 Å². The van der Waals surface area contributed by atoms with Gasteiger partial charge in [-0.15, -0.1) is 0 Å². The number of hydrogen-bond donors (Lipinski definition) is 1. The highest BCUT2D eigenvalue weighted by Crippen LogP contribution is 2.28. The number of carbonyl (C=O) groups is 2. The molecule has 2 aliphatic heterocycles. The predicted octanol–water partition coefficient (Wildman–Crippen LogP) is 3.66. The minimum absolute atomic E-state index is 0.0249. The largest absolute Gasteiger partial charge is 0.378 e. The van der Waals surface area contributed by atoms with Gasteiger partial charge in [-0.25, -0.2) is 0 Å². The van der Waals surface area contributed by atoms with E-state index in [0.29, 0.717) is 28.9 Å². The van der Waals surface area contributed by atoms with Crippen LogP contribution in [0, 0.1) is 0 Å². The summed E-state index contributed by atoms with van der Waals surface area (Å²) in [5.41, 5.74) is 2.15. The molecule has 154 valence electrons. The Morgan fingerprint density at radius 2 is 1.60 bits per heavy atom. The number of carbonyl (C=O) groups excluding carboxylic acids is 2. The number of amides is 2. The van der Waals surface area contributed by atoms with Crippen molar-refractivity contribution >= 4 is 69.8 Å². The number of halogens is 2. The van der Waals surface area contributed by atoms with Gasteiger partial charge in [0, 0.05) is 28.8 Å². The number of benzene rings is 2. The first-order chi connectivity index (χ1) is 14.4. The Labute approximate surface area is 189 Å². The molecule has 30 heavy (non-hydrogen) atoms. The van der Waals surface area contributed by atoms with Gasteiger partial charge in [-0.3, -0.25) is 19.8 Å². The van der Waals surface area contributed by atoms with Crippen molar-refractivity contribution in [3.05, 3.63) is 63.6 Å². The molecule has 0 atom stereocenters. The molecule has 2 aliphatic rings. The van der Waals surface area contributed by atoms with E-state index in [-0.39, 0.29) is 10.7 Å². The van der Waals surface area contributed by atoms with Crippen molar-refractivity contribution in [1.29, 1.82) is 0 Å². The number of hydrogen-bond acceptors (Lipinski definition) is 5. The first-order valence-corrected chi connectivity index (χ1v) is 10.4. The second-order valence-electron chi connectivity index (χ2n) is 6.78. The van der Waals surface area contributed by atoms with Crippen LogP contribution < -0.4 is 15.1 Å². The fourth-order valence-corrected chi connectivity index (χ4v) is 4.13. The van der Waals surface area contributed by atoms with Crippen molar-refractivity contribution in [3.8, 4) is 0 Å². The van der Waals surface area contributed by atoms with Gasteiger partial charge >= 0.3 is 0 Å². The van der Waals surface area contributed by atoms with Crippen LogP contribution in [-0.2, 0) is 14.3 Å². The maximum Gasteiger partial charge on any atom is 0.270 e. The van der Waals surface area contributed by atoms with Crippen LogP contribution in [0.4, 0.5) is 11.4 Å². The Hall–Kier alpha value is -2.45. The topological polar surface area (TPSA) is 61.9 Å². The number of rotatable bonds is 3. The van der Waals surface area contributed by atoms with Crippen molar-refractivity contribution in [3.63, 3.8) is 0 Å². The zero-order chi connectivity index (χ0) is 21.3. The quantitative estimate of drug-likeness (QED) is 0.429. The third-order valence-electron chi connectivity index (χ3n) is 4.79. The van der Waals surface area contributed by atoms with E-state index in [0.717, 1.165) is 24.3 Å². The fourth-order valence-electron chi connectivity index (χ4n) is 3.33. The number of ether oxygens (including phenoxy) is 1. The number of anilines is 2. The number of thiocarbonyl (C=S) groups is 1. The molecule has 2 fully saturated rings. The molecule has 0 spiro atoms. The van der Waals surface area contributed by atoms with Crippen molar-refractivity contribution in [2.24, 2.45) is 0 Å². The van der Waals surface area contributed by atoms with Crippen molar-refractivity contribution in [2.75, 3.05) is 36.1 Å². The van der Waals surface area contributed by atoms with E-state index in [4.69, 9.17) is 40.2 Å². The minimum atomic E-state index is -0.549. The van der Waals surface area contributed by atoms with E-state index >= 15 is 0 Å². The normalized spacial score (nSPS) is 18.7. The summed E-state index contributed by atoms with van der Waals surface area (Å²) in [5.74, 6) is -1.09. The molecule has 0 radical (unpaired) electrons. The van der Waals surface area contributed by atoms with Crippen molar-refractivity contribution in [1.82, 2.24) is 5.32 Å². The van der Waals surface area contributed by atoms with Gasteiger partial charge in [-0.05, 0) is 54.2 Å². The number of nitrogens with one attached hydrogen (secondary N) is 1. The zero-order valence-corrected chi connectivity index (χ0v) is 18.1. The van der Waals surface area contributed by atoms with Crippen LogP contribution in [0.25, 0.3) is 6.08 Å². The Bertz CT molecular complexity index is 1030. The van der Waals surface area contributed by atoms with Crippen LogP contribution >= 0.6 is 35.4 Å². The molecule has 6 nitrogen and oxygen atoms in total. The zero-order valence-electron chi connectivity index (χ0n) is 15.7. The average molecular weight is 462 g/mol. The predicted molar refractivity (Wildman–Crippen MR) is 122 cm³/mol. The lowest BCUT2D eigenvalue weighted by molar-refractivity contribution is -0.122. The summed E-state index contributed by atoms with van der Waals surface area (Å²) in [6.45, 7) is 3.05. The molecule has 1 N–H and O–H groups in total. The molecule has 9 heteroatoms. The van der Waals surface area contributed by atoms with Crippen LogP contribution in [0.5, 0.6) is 0 Å². The smallest absolute Gasteiger partial charge is 0.270 e. The molecule has 0 bridgehead atoms. The van der Waals surface area contributed by atoms with Gasteiger partial charge in [-0.2, -0.15) is 0 Å². The fraction of sp³-hybridized carbons (Fsp3) is 0.190. The summed E-state index contributed by atoms with van der Waals surface area (Å²) in [6, 6.07) is 12.3. The van der Waals surface area contributed by atoms with Gasteiger partial charge in [-0.1, -0.05) is 35.3 Å². The van der Waals surface area contributed by atoms with E-state index < -0.39 is 11.8 Å². The Morgan fingerprint density at radius 1 is 0.967 bits per heavy atom. The standard InChI is InChI=1S/C21H17Cl2N3O3S/c22-14-10-15(23)12-17(11-14)26-20(28)18(19(27)24-21(26)30)9-13-1-3-16(4-2-13)25-5-7-29-8-6-25/h1-4,9-12H,5-8H2,(H,24,27,30). The van der Waals surface area contributed by atoms with E-state index in [2.05, 4.69) is 10.2 Å². The van der Waals surface area contributed by atoms with Gasteiger partial charge in [0.1, 0.15) is 5.57 Å². The molecular formula is C21H17Cl2N3O3S. The van der Waals surface area contributed by atoms with Crippen LogP contribution in [0.15, 0.2) is 48.0 Å². The van der Waals surface area contributed by atoms with Gasteiger partial charge < -0.3 is 9.64 Å². The van der Waals surface area contributed by atoms with E-state index in [1.165, 1.54) is 4.90 Å². The van der Waals surface area contributed by atoms with Crippen LogP contribution in [0.2, 0.25) is 10.0 Å². The lowest BCUT2D eigenvalue weighted by Crippen LogP contribution is -2.54. The second-order valence-corrected chi connectivity index (χ2v) is 8.04. The summed E-state index contributed by atoms with van der Waals surface area (Å²) in [4.78, 5) is 29.0. The molecule has 2 aromatic rings. The van der Waals surface area contributed by atoms with E-state index in [1.807, 2.05) is 24.3 Å². The summed E-state index contributed by atoms with van der Waals surface area (Å²) in [5, 5.41) is 3.24. The third-order valence-corrected chi connectivity index (χ3v) is 5.51. The van der Waals surface area contributed by atoms with Crippen LogP contribution in [0.1, 0.15) is 5.56 Å². The molecule has 0 aliphatic carbocycles. The SMILES string of the molecule is O=C1NC(=S)N(c2cc(Cl)cc(Cl)c2)C(=O)C1=Cc1ccc(N2CCOCC2)cc1. The minimum Gasteiger partial charge on any atom is -0.378 e. The molecule has 0 aromatic heterocycles. The van der Waals surface area contributed by atoms with Crippen molar-refractivity contribution in [2.45, 2.75) is 0 Å². The Morgan fingerprint density at radius 3 is 2.23 bits per heavy atom. The summed E-state index contributed by atoms with van der Waals surface area (Å²) in [7, 11) is 0. The third kappa shape index (κ3) is 4.34. The van der Waals surface area contributed by atoms with Crippen molar-refractivity contribution < 1.29 is 14.3 Å². The molecule has 2 saturated heterocycles. The van der Waals surface area contributed by atoms with E-state index in [9.17, 15) is 9.59 Å². The molecule has 4 rings (SSSR count). The Balaban J connectivity index is 1.62. The second kappa shape index (κ2) is 8.73.